The van der Waals surface area contributed by atoms with Crippen molar-refractivity contribution in [1.82, 2.24) is 0 Å². The standard InChI is InChI=1S/C15H17N3O2/c16-8-11-2-4-14(15(7-11)18(19)20)17-9-13-6-10-1-3-12(13)5-10/h2,4,7,10,12-13,17H,1,3,5-6,9H2/t10-,12-,13-/m1/s1. The molecule has 3 atom stereocenters. The van der Waals surface area contributed by atoms with E-state index in [2.05, 4.69) is 5.32 Å². The van der Waals surface area contributed by atoms with E-state index < -0.39 is 4.92 Å². The molecule has 2 fully saturated rings. The molecular formula is C15H17N3O2. The third-order valence-electron chi connectivity index (χ3n) is 4.76. The second kappa shape index (κ2) is 5.12. The van der Waals surface area contributed by atoms with Crippen LogP contribution >= 0.6 is 0 Å². The molecule has 5 nitrogen and oxygen atoms in total. The highest BCUT2D eigenvalue weighted by molar-refractivity contribution is 5.64. The van der Waals surface area contributed by atoms with Crippen molar-refractivity contribution in [2.24, 2.45) is 17.8 Å². The largest absolute Gasteiger partial charge is 0.379 e. The monoisotopic (exact) mass is 271 g/mol. The Bertz CT molecular complexity index is 579. The topological polar surface area (TPSA) is 79.0 Å². The molecule has 2 aliphatic rings. The van der Waals surface area contributed by atoms with Crippen LogP contribution in [0.2, 0.25) is 0 Å². The van der Waals surface area contributed by atoms with E-state index in [-0.39, 0.29) is 5.69 Å². The SMILES string of the molecule is N#Cc1ccc(NC[C@H]2C[C@@H]3CC[C@@H]2C3)c([N+](=O)[O-])c1. The third kappa shape index (κ3) is 2.34. The van der Waals surface area contributed by atoms with E-state index in [0.717, 1.165) is 18.4 Å². The van der Waals surface area contributed by atoms with Crippen molar-refractivity contribution in [2.45, 2.75) is 25.7 Å². The summed E-state index contributed by atoms with van der Waals surface area (Å²) in [6, 6.07) is 6.54. The summed E-state index contributed by atoms with van der Waals surface area (Å²) >= 11 is 0. The number of hydrogen-bond donors (Lipinski definition) is 1. The van der Waals surface area contributed by atoms with Gasteiger partial charge in [-0.1, -0.05) is 6.42 Å². The van der Waals surface area contributed by atoms with Crippen molar-refractivity contribution in [3.63, 3.8) is 0 Å². The van der Waals surface area contributed by atoms with Crippen LogP contribution < -0.4 is 5.32 Å². The lowest BCUT2D eigenvalue weighted by Gasteiger charge is -2.22. The lowest BCUT2D eigenvalue weighted by atomic mass is 9.89. The number of hydrogen-bond acceptors (Lipinski definition) is 4. The van der Waals surface area contributed by atoms with Gasteiger partial charge in [-0.2, -0.15) is 5.26 Å². The summed E-state index contributed by atoms with van der Waals surface area (Å²) in [6.45, 7) is 0.800. The first kappa shape index (κ1) is 12.9. The minimum Gasteiger partial charge on any atom is -0.379 e. The fourth-order valence-electron chi connectivity index (χ4n) is 3.77. The lowest BCUT2D eigenvalue weighted by Crippen LogP contribution is -2.20. The molecule has 0 amide bonds. The first-order valence-corrected chi connectivity index (χ1v) is 7.10. The Hall–Kier alpha value is -2.09. The Morgan fingerprint density at radius 1 is 1.40 bits per heavy atom. The Morgan fingerprint density at radius 3 is 2.85 bits per heavy atom. The van der Waals surface area contributed by atoms with Crippen LogP contribution in [0.4, 0.5) is 11.4 Å². The Morgan fingerprint density at radius 2 is 2.25 bits per heavy atom. The zero-order valence-corrected chi connectivity index (χ0v) is 11.2. The van der Waals surface area contributed by atoms with Crippen LogP contribution in [0.25, 0.3) is 0 Å². The molecule has 0 aromatic heterocycles. The van der Waals surface area contributed by atoms with E-state index in [0.29, 0.717) is 17.2 Å². The fourth-order valence-corrected chi connectivity index (χ4v) is 3.77. The van der Waals surface area contributed by atoms with Crippen LogP contribution in [0.5, 0.6) is 0 Å². The molecule has 2 aliphatic carbocycles. The number of fused-ring (bicyclic) bond motifs is 2. The predicted octanol–water partition coefficient (Wildman–Crippen LogP) is 3.31. The number of nitrogens with one attached hydrogen (secondary N) is 1. The molecule has 0 spiro atoms. The molecule has 5 heteroatoms. The Labute approximate surface area is 117 Å². The van der Waals surface area contributed by atoms with E-state index in [1.165, 1.54) is 31.7 Å². The zero-order chi connectivity index (χ0) is 14.1. The lowest BCUT2D eigenvalue weighted by molar-refractivity contribution is -0.384. The van der Waals surface area contributed by atoms with Gasteiger partial charge in [-0.05, 0) is 49.1 Å². The van der Waals surface area contributed by atoms with Gasteiger partial charge in [0.25, 0.3) is 5.69 Å². The molecule has 2 bridgehead atoms. The molecule has 1 aromatic carbocycles. The molecule has 104 valence electrons. The van der Waals surface area contributed by atoms with Crippen LogP contribution in [-0.2, 0) is 0 Å². The van der Waals surface area contributed by atoms with Gasteiger partial charge >= 0.3 is 0 Å². The van der Waals surface area contributed by atoms with Crippen molar-refractivity contribution < 1.29 is 4.92 Å². The maximum atomic E-state index is 11.1. The Kier molecular flexibility index (Phi) is 3.31. The predicted molar refractivity (Wildman–Crippen MR) is 75.2 cm³/mol. The number of benzene rings is 1. The summed E-state index contributed by atoms with van der Waals surface area (Å²) in [5, 5.41) is 23.1. The quantitative estimate of drug-likeness (QED) is 0.673. The minimum atomic E-state index is -0.427. The molecular weight excluding hydrogens is 254 g/mol. The zero-order valence-electron chi connectivity index (χ0n) is 11.2. The fraction of sp³-hybridized carbons (Fsp3) is 0.533. The van der Waals surface area contributed by atoms with Crippen molar-refractivity contribution in [2.75, 3.05) is 11.9 Å². The molecule has 0 unspecified atom stereocenters. The molecule has 20 heavy (non-hydrogen) atoms. The van der Waals surface area contributed by atoms with Crippen molar-refractivity contribution in [3.05, 3.63) is 33.9 Å². The average Bonchev–Trinajstić information content (AvgIpc) is 3.07. The summed E-state index contributed by atoms with van der Waals surface area (Å²) in [7, 11) is 0. The maximum Gasteiger partial charge on any atom is 0.293 e. The highest BCUT2D eigenvalue weighted by Crippen LogP contribution is 2.48. The average molecular weight is 271 g/mol. The van der Waals surface area contributed by atoms with Crippen LogP contribution in [0.1, 0.15) is 31.2 Å². The summed E-state index contributed by atoms with van der Waals surface area (Å²) < 4.78 is 0. The van der Waals surface area contributed by atoms with Gasteiger partial charge in [-0.15, -0.1) is 0 Å². The second-order valence-electron chi connectivity index (χ2n) is 5.92. The summed E-state index contributed by atoms with van der Waals surface area (Å²) in [4.78, 5) is 10.6. The molecule has 0 saturated heterocycles. The second-order valence-corrected chi connectivity index (χ2v) is 5.92. The van der Waals surface area contributed by atoms with Gasteiger partial charge < -0.3 is 5.32 Å². The smallest absolute Gasteiger partial charge is 0.293 e. The van der Waals surface area contributed by atoms with Crippen LogP contribution in [0.15, 0.2) is 18.2 Å². The van der Waals surface area contributed by atoms with Crippen molar-refractivity contribution in [1.29, 1.82) is 5.26 Å². The van der Waals surface area contributed by atoms with E-state index in [9.17, 15) is 10.1 Å². The minimum absolute atomic E-state index is 0.00722. The molecule has 0 heterocycles. The molecule has 3 rings (SSSR count). The molecule has 1 N–H and O–H groups in total. The van der Waals surface area contributed by atoms with Gasteiger partial charge in [0.2, 0.25) is 0 Å². The molecule has 1 aromatic rings. The number of nitriles is 1. The number of nitrogens with zero attached hydrogens (tertiary/aromatic N) is 2. The van der Waals surface area contributed by atoms with Gasteiger partial charge in [0, 0.05) is 12.6 Å². The third-order valence-corrected chi connectivity index (χ3v) is 4.76. The number of anilines is 1. The number of rotatable bonds is 4. The Balaban J connectivity index is 1.71. The number of nitro benzene ring substituents is 1. The first-order valence-electron chi connectivity index (χ1n) is 7.10. The molecule has 0 radical (unpaired) electrons. The van der Waals surface area contributed by atoms with Crippen LogP contribution in [0, 0.1) is 39.2 Å². The van der Waals surface area contributed by atoms with E-state index in [4.69, 9.17) is 5.26 Å². The summed E-state index contributed by atoms with van der Waals surface area (Å²) in [6.07, 6.45) is 5.26. The maximum absolute atomic E-state index is 11.1. The van der Waals surface area contributed by atoms with E-state index in [1.807, 2.05) is 6.07 Å². The highest BCUT2D eigenvalue weighted by Gasteiger charge is 2.39. The van der Waals surface area contributed by atoms with Gasteiger partial charge in [-0.25, -0.2) is 0 Å². The van der Waals surface area contributed by atoms with Gasteiger partial charge in [-0.3, -0.25) is 10.1 Å². The van der Waals surface area contributed by atoms with Crippen LogP contribution in [-0.4, -0.2) is 11.5 Å². The summed E-state index contributed by atoms with van der Waals surface area (Å²) in [5.41, 5.74) is 0.839. The van der Waals surface area contributed by atoms with Gasteiger partial charge in [0.05, 0.1) is 16.6 Å². The van der Waals surface area contributed by atoms with Crippen molar-refractivity contribution >= 4 is 11.4 Å². The first-order chi connectivity index (χ1) is 9.67. The highest BCUT2D eigenvalue weighted by atomic mass is 16.6. The molecule has 2 saturated carbocycles. The molecule has 0 aliphatic heterocycles. The summed E-state index contributed by atoms with van der Waals surface area (Å²) in [5.74, 6) is 2.32. The van der Waals surface area contributed by atoms with Crippen molar-refractivity contribution in [3.8, 4) is 6.07 Å². The van der Waals surface area contributed by atoms with E-state index >= 15 is 0 Å². The van der Waals surface area contributed by atoms with Gasteiger partial charge in [0.1, 0.15) is 5.69 Å². The van der Waals surface area contributed by atoms with E-state index in [1.54, 1.807) is 12.1 Å². The number of nitro groups is 1. The van der Waals surface area contributed by atoms with Crippen LogP contribution in [0.3, 0.4) is 0 Å². The van der Waals surface area contributed by atoms with Gasteiger partial charge in [0.15, 0.2) is 0 Å². The normalized spacial score (nSPS) is 27.2.